The van der Waals surface area contributed by atoms with Crippen LogP contribution in [0, 0.1) is 71.0 Å². The minimum Gasteiger partial charge on any atom is -0.416 e. The van der Waals surface area contributed by atoms with Crippen molar-refractivity contribution >= 4 is 25.0 Å². The molecule has 0 rings (SSSR count). The van der Waals surface area contributed by atoms with Crippen LogP contribution < -0.4 is 0 Å². The van der Waals surface area contributed by atoms with Gasteiger partial charge < -0.3 is 37.3 Å². The van der Waals surface area contributed by atoms with E-state index in [1.807, 2.05) is 6.92 Å². The molecule has 0 aromatic heterocycles. The first-order valence-electron chi connectivity index (χ1n) is 31.5. The first-order chi connectivity index (χ1) is 36.0. The second-order valence-corrected chi connectivity index (χ2v) is 44.2. The van der Waals surface area contributed by atoms with Crippen LogP contribution in [0.4, 0.5) is 0 Å². The Bertz CT molecular complexity index is 1740. The summed E-state index contributed by atoms with van der Waals surface area (Å²) >= 11 is 0. The van der Waals surface area contributed by atoms with Crippen molar-refractivity contribution in [3.63, 3.8) is 0 Å². The third-order valence-electron chi connectivity index (χ3n) is 19.4. The average molecular weight is 1170 g/mol. The van der Waals surface area contributed by atoms with E-state index in [9.17, 15) is 5.11 Å². The fourth-order valence-corrected chi connectivity index (χ4v) is 14.4. The summed E-state index contributed by atoms with van der Waals surface area (Å²) in [6.07, 6.45) is 18.7. The molecule has 79 heavy (non-hydrogen) atoms. The van der Waals surface area contributed by atoms with Gasteiger partial charge in [-0.15, -0.1) is 0 Å². The van der Waals surface area contributed by atoms with Gasteiger partial charge >= 0.3 is 0 Å². The number of hydrogen-bond donors (Lipinski definition) is 1. The van der Waals surface area contributed by atoms with Gasteiger partial charge in [-0.05, 0) is 141 Å². The molecule has 0 saturated carbocycles. The highest BCUT2D eigenvalue weighted by Gasteiger charge is 2.45. The lowest BCUT2D eigenvalue weighted by Gasteiger charge is -2.44. The highest BCUT2D eigenvalue weighted by Crippen LogP contribution is 2.44. The van der Waals surface area contributed by atoms with E-state index in [1.54, 1.807) is 14.2 Å². The summed E-state index contributed by atoms with van der Waals surface area (Å²) in [4.78, 5) is 0. The van der Waals surface area contributed by atoms with Gasteiger partial charge in [0.2, 0.25) is 0 Å². The maximum absolute atomic E-state index is 9.73. The van der Waals surface area contributed by atoms with Crippen LogP contribution in [0.15, 0.2) is 47.6 Å². The summed E-state index contributed by atoms with van der Waals surface area (Å²) in [6, 6.07) is 0. The Morgan fingerprint density at radius 1 is 0.443 bits per heavy atom. The highest BCUT2D eigenvalue weighted by molar-refractivity contribution is 6.75. The lowest BCUT2D eigenvalue weighted by Crippen LogP contribution is -2.48. The molecule has 0 bridgehead atoms. The first-order valence-corrected chi connectivity index (χ1v) is 40.2. The van der Waals surface area contributed by atoms with Gasteiger partial charge in [-0.1, -0.05) is 207 Å². The zero-order valence-electron chi connectivity index (χ0n) is 58.7. The van der Waals surface area contributed by atoms with E-state index in [0.29, 0.717) is 60.7 Å². The Labute approximate surface area is 497 Å². The normalized spacial score (nSPS) is 20.3. The lowest BCUT2D eigenvalue weighted by molar-refractivity contribution is -0.107. The van der Waals surface area contributed by atoms with Crippen LogP contribution >= 0.6 is 0 Å². The van der Waals surface area contributed by atoms with E-state index in [4.69, 9.17) is 32.2 Å². The molecule has 1 N–H and O–H groups in total. The number of allylic oxidation sites excluding steroid dienone is 6. The molecule has 0 heterocycles. The van der Waals surface area contributed by atoms with Gasteiger partial charge in [0.1, 0.15) is 13.6 Å². The van der Waals surface area contributed by atoms with Gasteiger partial charge in [0.15, 0.2) is 25.0 Å². The van der Waals surface area contributed by atoms with Gasteiger partial charge in [-0.25, -0.2) is 0 Å². The minimum absolute atomic E-state index is 0.0272. The van der Waals surface area contributed by atoms with Crippen LogP contribution in [-0.2, 0) is 32.2 Å². The molecule has 0 spiro atoms. The summed E-state index contributed by atoms with van der Waals surface area (Å²) in [5, 5.41) is 10.3. The Kier molecular flexibility index (Phi) is 37.6. The van der Waals surface area contributed by atoms with Crippen LogP contribution in [0.5, 0.6) is 0 Å². The third-order valence-corrected chi connectivity index (χ3v) is 32.8. The van der Waals surface area contributed by atoms with Gasteiger partial charge in [0.25, 0.3) is 0 Å². The van der Waals surface area contributed by atoms with Crippen molar-refractivity contribution in [3.8, 4) is 0 Å². The Morgan fingerprint density at radius 2 is 0.759 bits per heavy atom. The van der Waals surface area contributed by atoms with Crippen molar-refractivity contribution in [3.05, 3.63) is 47.6 Å². The predicted octanol–water partition coefficient (Wildman–Crippen LogP) is 20.0. The molecular formula is C68H138O8Si3. The van der Waals surface area contributed by atoms with Crippen LogP contribution in [0.2, 0.25) is 54.4 Å². The predicted molar refractivity (Wildman–Crippen MR) is 353 cm³/mol. The number of hydrogen-bond acceptors (Lipinski definition) is 8. The topological polar surface area (TPSA) is 84.8 Å². The van der Waals surface area contributed by atoms with Crippen molar-refractivity contribution < 1.29 is 37.3 Å². The molecule has 0 amide bonds. The number of ether oxygens (including phenoxy) is 4. The summed E-state index contributed by atoms with van der Waals surface area (Å²) < 4.78 is 43.8. The lowest BCUT2D eigenvalue weighted by atomic mass is 9.77. The summed E-state index contributed by atoms with van der Waals surface area (Å²) in [7, 11) is -2.38. The van der Waals surface area contributed by atoms with E-state index in [2.05, 4.69) is 242 Å². The number of rotatable bonds is 36. The first kappa shape index (κ1) is 80.4. The fourth-order valence-electron chi connectivity index (χ4n) is 10.3. The van der Waals surface area contributed by atoms with Crippen LogP contribution in [-0.4, -0.2) is 95.5 Å². The summed E-state index contributed by atoms with van der Waals surface area (Å²) in [6.45, 7) is 73.3. The zero-order chi connectivity index (χ0) is 62.2. The van der Waals surface area contributed by atoms with Crippen LogP contribution in [0.3, 0.4) is 0 Å². The molecule has 8 nitrogen and oxygen atoms in total. The third kappa shape index (κ3) is 28.4. The molecule has 0 aliphatic heterocycles. The maximum Gasteiger partial charge on any atom is 0.192 e. The quantitative estimate of drug-likeness (QED) is 0.0377. The highest BCUT2D eigenvalue weighted by atomic mass is 28.4. The van der Waals surface area contributed by atoms with Gasteiger partial charge in [0, 0.05) is 51.1 Å². The zero-order valence-corrected chi connectivity index (χ0v) is 61.7. The van der Waals surface area contributed by atoms with E-state index in [-0.39, 0.29) is 76.6 Å². The molecule has 0 aliphatic rings. The summed E-state index contributed by atoms with van der Waals surface area (Å²) in [5.41, 5.74) is 2.76. The minimum atomic E-state index is -1.95. The number of methoxy groups -OCH3 is 2. The van der Waals surface area contributed by atoms with E-state index in [0.717, 1.165) is 25.7 Å². The van der Waals surface area contributed by atoms with Crippen molar-refractivity contribution in [2.75, 3.05) is 41.0 Å². The smallest absolute Gasteiger partial charge is 0.192 e. The monoisotopic (exact) mass is 1170 g/mol. The maximum atomic E-state index is 9.73. The molecule has 470 valence electrons. The molecular weight excluding hydrogens is 1030 g/mol. The molecule has 0 aromatic rings. The fraction of sp³-hybridized carbons (Fsp3) is 0.882. The molecule has 4 unspecified atom stereocenters. The molecule has 0 radical (unpaired) electrons. The number of aliphatic hydroxyl groups is 1. The standard InChI is InChI=1S/C37H76O4Si2.C31H62O4Si/c1-20-21-22-28(3)32(7)33(8)35(41-43(18,19)37(12,13)14)30(5)24-27(2)23-29(4)34(39-26-38-15)31(6)25-40-42(16,17)36(9,10)11;1-15-16-17-23(3)27(7)28(8)30(35-36(13,14)31(9,10)11)25(5)19-22(2)18-24(4)29(26(6)20-32)34-21-33-12/h21-23,28-35H,20,24-26H2,1-19H3;16-18,23-30,32H,15,19-21H2,1-14H3/b22-21-,27-23-;17-16-,22-18-/t28?,29-,30-,31?,32-,33+,34+,35+;23?,24-,25-,26?,27-,28+,29+,30+/m00/s1. The molecule has 11 heteroatoms. The van der Waals surface area contributed by atoms with Crippen molar-refractivity contribution in [2.45, 2.75) is 278 Å². The van der Waals surface area contributed by atoms with Gasteiger partial charge in [-0.3, -0.25) is 0 Å². The second kappa shape index (κ2) is 37.0. The molecule has 16 atom stereocenters. The van der Waals surface area contributed by atoms with Gasteiger partial charge in [0.05, 0.1) is 24.4 Å². The van der Waals surface area contributed by atoms with Gasteiger partial charge in [-0.2, -0.15) is 0 Å². The molecule has 0 aliphatic carbocycles. The summed E-state index contributed by atoms with van der Waals surface area (Å²) in [5.74, 6) is 4.57. The SMILES string of the molecule is CC/C=C\C(C)[C@H](C)[C@@H](C)[C@H](O[Si](C)(C)C(C)(C)C)[C@@H](C)C/C(C)=C\[C@H](C)[C@@H](OCOC)C(C)CO.CC/C=C\C(C)[C@H](C)[C@@H](C)[C@H](O[Si](C)(C)C(C)(C)C)[C@@H](C)C/C(C)=C\[C@H](C)[C@@H](OCOC)C(C)CO[Si](C)(C)C(C)(C)C. The Morgan fingerprint density at radius 3 is 1.04 bits per heavy atom. The second-order valence-electron chi connectivity index (χ2n) is 29.9. The Hall–Kier alpha value is -0.709. The van der Waals surface area contributed by atoms with Crippen LogP contribution in [0.25, 0.3) is 0 Å². The van der Waals surface area contributed by atoms with Crippen molar-refractivity contribution in [1.82, 2.24) is 0 Å². The van der Waals surface area contributed by atoms with E-state index >= 15 is 0 Å². The molecule has 0 saturated heterocycles. The van der Waals surface area contributed by atoms with Crippen LogP contribution in [0.1, 0.15) is 199 Å². The van der Waals surface area contributed by atoms with E-state index < -0.39 is 25.0 Å². The van der Waals surface area contributed by atoms with Crippen molar-refractivity contribution in [1.29, 1.82) is 0 Å². The molecule has 0 fully saturated rings. The van der Waals surface area contributed by atoms with Crippen molar-refractivity contribution in [2.24, 2.45) is 71.0 Å². The van der Waals surface area contributed by atoms with E-state index in [1.165, 1.54) is 11.1 Å². The average Bonchev–Trinajstić information content (AvgIpc) is 3.33. The largest absolute Gasteiger partial charge is 0.416 e. The molecule has 0 aromatic carbocycles. The number of aliphatic hydroxyl groups excluding tert-OH is 1. The Balaban J connectivity index is 0.